The maximum absolute atomic E-state index is 12.1. The Morgan fingerprint density at radius 1 is 1.41 bits per heavy atom. The van der Waals surface area contributed by atoms with E-state index >= 15 is 0 Å². The van der Waals surface area contributed by atoms with Gasteiger partial charge in [0, 0.05) is 17.0 Å². The summed E-state index contributed by atoms with van der Waals surface area (Å²) in [5.74, 6) is -0.219. The van der Waals surface area contributed by atoms with Crippen LogP contribution in [0.25, 0.3) is 6.08 Å². The van der Waals surface area contributed by atoms with Crippen LogP contribution in [0.1, 0.15) is 44.4 Å². The third-order valence-corrected chi connectivity index (χ3v) is 4.87. The van der Waals surface area contributed by atoms with Crippen LogP contribution >= 0.6 is 11.3 Å². The molecule has 1 aliphatic rings. The molecule has 120 valence electrons. The van der Waals surface area contributed by atoms with Gasteiger partial charge in [0.2, 0.25) is 0 Å². The summed E-state index contributed by atoms with van der Waals surface area (Å²) in [6.45, 7) is 3.77. The van der Waals surface area contributed by atoms with Crippen molar-refractivity contribution in [2.45, 2.75) is 51.7 Å². The van der Waals surface area contributed by atoms with Crippen molar-refractivity contribution in [3.8, 4) is 0 Å². The Bertz CT molecular complexity index is 524. The van der Waals surface area contributed by atoms with Crippen LogP contribution in [0.2, 0.25) is 0 Å². The standard InChI is InChI=1S/C17H23NO3S/c1-12-6-3-4-8-15(12)18-17(20)13(2)21-16(19)10-9-14-7-5-11-22-14/h5,7,9-13,15H,3-4,6,8H2,1-2H3,(H,18,20)/b10-9+/t12-,13+,15+/m0/s1. The highest BCUT2D eigenvalue weighted by atomic mass is 32.1. The van der Waals surface area contributed by atoms with Gasteiger partial charge in [0.1, 0.15) is 0 Å². The first-order valence-corrected chi connectivity index (χ1v) is 8.67. The second kappa shape index (κ2) is 8.13. The number of carbonyl (C=O) groups is 2. The van der Waals surface area contributed by atoms with E-state index in [1.807, 2.05) is 17.5 Å². The minimum atomic E-state index is -0.769. The predicted octanol–water partition coefficient (Wildman–Crippen LogP) is 3.39. The van der Waals surface area contributed by atoms with Crippen molar-refractivity contribution in [1.29, 1.82) is 0 Å². The first-order chi connectivity index (χ1) is 10.6. The van der Waals surface area contributed by atoms with Crippen LogP contribution < -0.4 is 5.32 Å². The average Bonchev–Trinajstić information content (AvgIpc) is 3.00. The molecule has 0 aliphatic heterocycles. The molecule has 0 unspecified atom stereocenters. The number of hydrogen-bond donors (Lipinski definition) is 1. The van der Waals surface area contributed by atoms with Crippen LogP contribution in [0, 0.1) is 5.92 Å². The topological polar surface area (TPSA) is 55.4 Å². The molecule has 0 aromatic carbocycles. The molecule has 4 nitrogen and oxygen atoms in total. The molecule has 3 atom stereocenters. The van der Waals surface area contributed by atoms with Gasteiger partial charge in [-0.15, -0.1) is 11.3 Å². The molecule has 1 amide bonds. The van der Waals surface area contributed by atoms with Gasteiger partial charge in [0.25, 0.3) is 5.91 Å². The fraction of sp³-hybridized carbons (Fsp3) is 0.529. The van der Waals surface area contributed by atoms with Crippen LogP contribution in [0.15, 0.2) is 23.6 Å². The Morgan fingerprint density at radius 3 is 2.86 bits per heavy atom. The molecule has 1 aromatic heterocycles. The Labute approximate surface area is 135 Å². The summed E-state index contributed by atoms with van der Waals surface area (Å²) >= 11 is 1.54. The number of carbonyl (C=O) groups excluding carboxylic acids is 2. The van der Waals surface area contributed by atoms with Gasteiger partial charge in [0.05, 0.1) is 0 Å². The number of thiophene rings is 1. The summed E-state index contributed by atoms with van der Waals surface area (Å²) in [5, 5.41) is 4.94. The highest BCUT2D eigenvalue weighted by Crippen LogP contribution is 2.23. The number of esters is 1. The lowest BCUT2D eigenvalue weighted by Crippen LogP contribution is -2.45. The summed E-state index contributed by atoms with van der Waals surface area (Å²) < 4.78 is 5.15. The van der Waals surface area contributed by atoms with E-state index in [9.17, 15) is 9.59 Å². The molecule has 1 N–H and O–H groups in total. The molecule has 1 aromatic rings. The summed E-state index contributed by atoms with van der Waals surface area (Å²) in [6.07, 6.45) is 6.81. The van der Waals surface area contributed by atoms with E-state index in [2.05, 4.69) is 12.2 Å². The molecular weight excluding hydrogens is 298 g/mol. The fourth-order valence-corrected chi connectivity index (χ4v) is 3.25. The molecule has 0 radical (unpaired) electrons. The van der Waals surface area contributed by atoms with E-state index in [1.54, 1.807) is 13.0 Å². The van der Waals surface area contributed by atoms with Gasteiger partial charge < -0.3 is 10.1 Å². The molecule has 1 heterocycles. The zero-order valence-corrected chi connectivity index (χ0v) is 13.9. The van der Waals surface area contributed by atoms with Gasteiger partial charge in [-0.05, 0) is 43.2 Å². The average molecular weight is 321 g/mol. The van der Waals surface area contributed by atoms with Crippen molar-refractivity contribution >= 4 is 29.3 Å². The molecule has 0 bridgehead atoms. The van der Waals surface area contributed by atoms with Crippen LogP contribution in [-0.2, 0) is 14.3 Å². The Balaban J connectivity index is 1.79. The van der Waals surface area contributed by atoms with Crippen molar-refractivity contribution in [1.82, 2.24) is 5.32 Å². The SMILES string of the molecule is C[C@@H](OC(=O)/C=C/c1cccs1)C(=O)N[C@@H]1CCCC[C@@H]1C. The van der Waals surface area contributed by atoms with Crippen LogP contribution in [0.4, 0.5) is 0 Å². The number of nitrogens with one attached hydrogen (secondary N) is 1. The summed E-state index contributed by atoms with van der Waals surface area (Å²) in [6, 6.07) is 4.02. The zero-order valence-electron chi connectivity index (χ0n) is 13.1. The minimum Gasteiger partial charge on any atom is -0.449 e. The third kappa shape index (κ3) is 4.98. The van der Waals surface area contributed by atoms with Crippen molar-refractivity contribution in [3.63, 3.8) is 0 Å². The normalized spacial score (nSPS) is 23.2. The predicted molar refractivity (Wildman–Crippen MR) is 88.5 cm³/mol. The quantitative estimate of drug-likeness (QED) is 0.668. The fourth-order valence-electron chi connectivity index (χ4n) is 2.63. The second-order valence-electron chi connectivity index (χ2n) is 5.80. The second-order valence-corrected chi connectivity index (χ2v) is 6.78. The van der Waals surface area contributed by atoms with Crippen LogP contribution in [-0.4, -0.2) is 24.0 Å². The summed E-state index contributed by atoms with van der Waals surface area (Å²) in [7, 11) is 0. The van der Waals surface area contributed by atoms with Gasteiger partial charge in [0.15, 0.2) is 6.10 Å². The van der Waals surface area contributed by atoms with E-state index in [1.165, 1.54) is 23.8 Å². The van der Waals surface area contributed by atoms with Gasteiger partial charge in [-0.25, -0.2) is 4.79 Å². The molecule has 22 heavy (non-hydrogen) atoms. The van der Waals surface area contributed by atoms with Crippen LogP contribution in [0.3, 0.4) is 0 Å². The Morgan fingerprint density at radius 2 is 2.18 bits per heavy atom. The molecule has 1 aliphatic carbocycles. The highest BCUT2D eigenvalue weighted by Gasteiger charge is 2.25. The van der Waals surface area contributed by atoms with Crippen molar-refractivity contribution < 1.29 is 14.3 Å². The highest BCUT2D eigenvalue weighted by molar-refractivity contribution is 7.10. The smallest absolute Gasteiger partial charge is 0.331 e. The molecule has 1 saturated carbocycles. The largest absolute Gasteiger partial charge is 0.449 e. The monoisotopic (exact) mass is 321 g/mol. The summed E-state index contributed by atoms with van der Waals surface area (Å²) in [4.78, 5) is 24.8. The van der Waals surface area contributed by atoms with Gasteiger partial charge in [-0.3, -0.25) is 4.79 Å². The van der Waals surface area contributed by atoms with E-state index in [0.29, 0.717) is 5.92 Å². The lowest BCUT2D eigenvalue weighted by atomic mass is 9.86. The van der Waals surface area contributed by atoms with Crippen LogP contribution in [0.5, 0.6) is 0 Å². The molecule has 5 heteroatoms. The molecule has 0 saturated heterocycles. The molecule has 1 fully saturated rings. The Hall–Kier alpha value is -1.62. The van der Waals surface area contributed by atoms with Crippen molar-refractivity contribution in [2.75, 3.05) is 0 Å². The summed E-state index contributed by atoms with van der Waals surface area (Å²) in [5.41, 5.74) is 0. The van der Waals surface area contributed by atoms with E-state index in [0.717, 1.165) is 24.1 Å². The van der Waals surface area contributed by atoms with Gasteiger partial charge in [-0.1, -0.05) is 25.8 Å². The molecular formula is C17H23NO3S. The van der Waals surface area contributed by atoms with Crippen molar-refractivity contribution in [3.05, 3.63) is 28.5 Å². The van der Waals surface area contributed by atoms with Crippen molar-refractivity contribution in [2.24, 2.45) is 5.92 Å². The van der Waals surface area contributed by atoms with Gasteiger partial charge >= 0.3 is 5.97 Å². The number of ether oxygens (including phenoxy) is 1. The van der Waals surface area contributed by atoms with Gasteiger partial charge in [-0.2, -0.15) is 0 Å². The first kappa shape index (κ1) is 16.7. The third-order valence-electron chi connectivity index (χ3n) is 4.03. The minimum absolute atomic E-state index is 0.198. The first-order valence-electron chi connectivity index (χ1n) is 7.79. The maximum atomic E-state index is 12.1. The number of amides is 1. The Kier molecular flexibility index (Phi) is 6.19. The van der Waals surface area contributed by atoms with E-state index < -0.39 is 12.1 Å². The van der Waals surface area contributed by atoms with E-state index in [-0.39, 0.29) is 11.9 Å². The maximum Gasteiger partial charge on any atom is 0.331 e. The zero-order chi connectivity index (χ0) is 15.9. The molecule has 0 spiro atoms. The van der Waals surface area contributed by atoms with E-state index in [4.69, 9.17) is 4.74 Å². The number of hydrogen-bond acceptors (Lipinski definition) is 4. The lowest BCUT2D eigenvalue weighted by Gasteiger charge is -2.30. The molecule has 2 rings (SSSR count). The number of rotatable bonds is 5. The lowest BCUT2D eigenvalue weighted by molar-refractivity contribution is -0.150.